The summed E-state index contributed by atoms with van der Waals surface area (Å²) in [5.74, 6) is -3.97. The molecule has 5 amide bonds. The quantitative estimate of drug-likeness (QED) is 0.353. The first-order valence-electron chi connectivity index (χ1n) is 17.5. The van der Waals surface area contributed by atoms with Crippen molar-refractivity contribution in [2.75, 3.05) is 6.54 Å². The van der Waals surface area contributed by atoms with Crippen LogP contribution in [0.3, 0.4) is 0 Å². The summed E-state index contributed by atoms with van der Waals surface area (Å²) in [5.41, 5.74) is -0.0212. The molecular weight excluding hydrogens is 731 g/mol. The zero-order valence-electron chi connectivity index (χ0n) is 28.3. The number of amides is 5. The first-order chi connectivity index (χ1) is 24.6. The van der Waals surface area contributed by atoms with Crippen molar-refractivity contribution >= 4 is 51.3 Å². The number of ether oxygens (including phenoxy) is 1. The maximum Gasteiger partial charge on any atom is 0.410 e. The molecule has 3 aliphatic heterocycles. The number of hydrogen-bond donors (Lipinski definition) is 3. The fourth-order valence-corrected chi connectivity index (χ4v) is 8.71. The molecule has 5 atom stereocenters. The van der Waals surface area contributed by atoms with Crippen LogP contribution in [0, 0.1) is 5.92 Å². The molecule has 3 fully saturated rings. The molecule has 2 saturated carbocycles. The number of hydrogen-bond acceptors (Lipinski definition) is 8. The number of nitrogens with zero attached hydrogens (tertiary/aromatic N) is 2. The van der Waals surface area contributed by atoms with Crippen LogP contribution in [-0.4, -0.2) is 89.6 Å². The minimum Gasteiger partial charge on any atom is -0.444 e. The van der Waals surface area contributed by atoms with Crippen LogP contribution in [-0.2, 0) is 47.0 Å². The maximum absolute atomic E-state index is 14.2. The molecule has 13 nitrogen and oxygen atoms in total. The van der Waals surface area contributed by atoms with E-state index in [1.165, 1.54) is 4.90 Å². The normalized spacial score (nSPS) is 28.7. The van der Waals surface area contributed by atoms with Gasteiger partial charge >= 0.3 is 12.3 Å². The van der Waals surface area contributed by atoms with Crippen LogP contribution in [0.4, 0.5) is 18.0 Å². The van der Waals surface area contributed by atoms with Gasteiger partial charge in [-0.3, -0.25) is 28.8 Å². The Hall–Kier alpha value is -3.86. The van der Waals surface area contributed by atoms with Crippen molar-refractivity contribution in [2.45, 2.75) is 119 Å². The summed E-state index contributed by atoms with van der Waals surface area (Å²) in [6, 6.07) is 2.68. The summed E-state index contributed by atoms with van der Waals surface area (Å²) in [7, 11) is -3.96. The fourth-order valence-electron chi connectivity index (χ4n) is 7.10. The van der Waals surface area contributed by atoms with Gasteiger partial charge in [0.25, 0.3) is 5.91 Å². The lowest BCUT2D eigenvalue weighted by molar-refractivity contribution is -0.146. The van der Waals surface area contributed by atoms with Gasteiger partial charge in [0.05, 0.1) is 24.8 Å². The lowest BCUT2D eigenvalue weighted by atomic mass is 10.0. The smallest absolute Gasteiger partial charge is 0.410 e. The molecule has 5 aliphatic rings. The van der Waals surface area contributed by atoms with E-state index < -0.39 is 93.7 Å². The van der Waals surface area contributed by atoms with Crippen LogP contribution in [0.1, 0.15) is 81.8 Å². The Bertz CT molecular complexity index is 1760. The molecule has 1 aromatic carbocycles. The van der Waals surface area contributed by atoms with Crippen LogP contribution in [0.5, 0.6) is 0 Å². The molecule has 284 valence electrons. The summed E-state index contributed by atoms with van der Waals surface area (Å²) in [5, 5.41) is 4.93. The monoisotopic (exact) mass is 771 g/mol. The average molecular weight is 772 g/mol. The zero-order valence-corrected chi connectivity index (χ0v) is 29.8. The van der Waals surface area contributed by atoms with Crippen LogP contribution < -0.4 is 15.4 Å². The lowest BCUT2D eigenvalue weighted by Gasteiger charge is -2.30. The lowest BCUT2D eigenvalue weighted by Crippen LogP contribution is -2.58. The van der Waals surface area contributed by atoms with Crippen molar-refractivity contribution in [3.05, 3.63) is 46.5 Å². The number of carbonyl (C=O) groups excluding carboxylic acids is 5. The van der Waals surface area contributed by atoms with Gasteiger partial charge in [-0.15, -0.1) is 0 Å². The molecule has 52 heavy (non-hydrogen) atoms. The standard InChI is InChI=1S/C34H41ClF3N5O8S/c35-25-9-6-7-20-17-42(19-24(20)25)32(48)51-22-15-27-29(45)40-33(31(47)41-52(49,50)23-11-12-23)16-21(33)8-4-2-1-3-5-10-26(30(46)43(27)18-22)39-28(44)13-14-34(36,37)38/h4,6-9,21-23,26-27H,1-3,5,10-19H2,(H,39,44)(H,40,45)(H,41,47)/b8-4-/t21-,22-,26+,27+,33-/m1/s1. The van der Waals surface area contributed by atoms with E-state index in [4.69, 9.17) is 16.3 Å². The van der Waals surface area contributed by atoms with E-state index in [0.717, 1.165) is 16.0 Å². The maximum atomic E-state index is 14.2. The van der Waals surface area contributed by atoms with Crippen molar-refractivity contribution in [1.29, 1.82) is 0 Å². The van der Waals surface area contributed by atoms with Gasteiger partial charge in [0.2, 0.25) is 27.7 Å². The molecule has 2 aliphatic carbocycles. The highest BCUT2D eigenvalue weighted by Gasteiger charge is 2.62. The molecule has 0 spiro atoms. The number of alkyl halides is 3. The number of carbonyl (C=O) groups is 5. The summed E-state index contributed by atoms with van der Waals surface area (Å²) in [4.78, 5) is 70.4. The predicted molar refractivity (Wildman–Crippen MR) is 180 cm³/mol. The van der Waals surface area contributed by atoms with E-state index >= 15 is 0 Å². The summed E-state index contributed by atoms with van der Waals surface area (Å²) >= 11 is 6.31. The third-order valence-corrected chi connectivity index (χ3v) is 12.4. The Morgan fingerprint density at radius 3 is 2.56 bits per heavy atom. The highest BCUT2D eigenvalue weighted by Crippen LogP contribution is 2.46. The number of sulfonamides is 1. The molecule has 0 aromatic heterocycles. The van der Waals surface area contributed by atoms with Gasteiger partial charge in [0.15, 0.2) is 0 Å². The van der Waals surface area contributed by atoms with Crippen molar-refractivity contribution in [3.63, 3.8) is 0 Å². The molecule has 0 radical (unpaired) electrons. The highest BCUT2D eigenvalue weighted by atomic mass is 35.5. The van der Waals surface area contributed by atoms with Crippen molar-refractivity contribution in [1.82, 2.24) is 25.2 Å². The Balaban J connectivity index is 1.24. The summed E-state index contributed by atoms with van der Waals surface area (Å²) in [6.07, 6.45) is -1.92. The number of halogens is 4. The Morgan fingerprint density at radius 2 is 1.85 bits per heavy atom. The topological polar surface area (TPSA) is 171 Å². The molecule has 6 rings (SSSR count). The van der Waals surface area contributed by atoms with Gasteiger partial charge < -0.3 is 20.3 Å². The van der Waals surface area contributed by atoms with E-state index in [2.05, 4.69) is 15.4 Å². The van der Waals surface area contributed by atoms with Crippen molar-refractivity contribution < 1.29 is 50.3 Å². The van der Waals surface area contributed by atoms with Gasteiger partial charge in [-0.05, 0) is 55.7 Å². The Labute approximate surface area is 304 Å². The number of fused-ring (bicyclic) bond motifs is 3. The fraction of sp³-hybridized carbons (Fsp3) is 0.618. The molecule has 0 unspecified atom stereocenters. The number of rotatable bonds is 7. The summed E-state index contributed by atoms with van der Waals surface area (Å²) in [6.45, 7) is 0.115. The molecule has 3 N–H and O–H groups in total. The van der Waals surface area contributed by atoms with Crippen LogP contribution in [0.2, 0.25) is 5.02 Å². The third kappa shape index (κ3) is 8.67. The van der Waals surface area contributed by atoms with Crippen LogP contribution in [0.25, 0.3) is 0 Å². The molecule has 1 saturated heterocycles. The van der Waals surface area contributed by atoms with E-state index in [0.29, 0.717) is 43.5 Å². The minimum atomic E-state index is -4.59. The van der Waals surface area contributed by atoms with Crippen LogP contribution in [0.15, 0.2) is 30.4 Å². The molecule has 18 heteroatoms. The van der Waals surface area contributed by atoms with E-state index in [-0.39, 0.29) is 38.9 Å². The largest absolute Gasteiger partial charge is 0.444 e. The summed E-state index contributed by atoms with van der Waals surface area (Å²) < 4.78 is 72.0. The van der Waals surface area contributed by atoms with E-state index in [1.807, 2.05) is 12.1 Å². The first-order valence-corrected chi connectivity index (χ1v) is 19.4. The highest BCUT2D eigenvalue weighted by molar-refractivity contribution is 7.91. The second kappa shape index (κ2) is 14.9. The minimum absolute atomic E-state index is 0.0798. The van der Waals surface area contributed by atoms with Gasteiger partial charge in [-0.2, -0.15) is 13.2 Å². The predicted octanol–water partition coefficient (Wildman–Crippen LogP) is 3.59. The Kier molecular flexibility index (Phi) is 10.8. The second-order valence-electron chi connectivity index (χ2n) is 14.2. The molecule has 0 bridgehead atoms. The zero-order chi connectivity index (χ0) is 37.4. The molecular formula is C34H41ClF3N5O8S. The SMILES string of the molecule is O=C(CCC(F)(F)F)N[C@H]1CCCCC/C=C\[C@@H]2C[C@@]2(C(=O)NS(=O)(=O)C2CC2)NC(=O)[C@@H]2C[C@@H](OC(=O)N3Cc4cccc(Cl)c4C3)CN2C1=O. The molecule has 3 heterocycles. The number of nitrogens with one attached hydrogen (secondary N) is 3. The van der Waals surface area contributed by atoms with E-state index in [9.17, 15) is 45.6 Å². The molecule has 1 aromatic rings. The number of benzene rings is 1. The second-order valence-corrected chi connectivity index (χ2v) is 16.6. The van der Waals surface area contributed by atoms with Gasteiger partial charge in [0.1, 0.15) is 23.7 Å². The Morgan fingerprint density at radius 1 is 1.08 bits per heavy atom. The van der Waals surface area contributed by atoms with Crippen molar-refractivity contribution in [3.8, 4) is 0 Å². The first kappa shape index (κ1) is 37.9. The number of allylic oxidation sites excluding steroid dienone is 1. The van der Waals surface area contributed by atoms with Gasteiger partial charge in [-0.1, -0.05) is 48.7 Å². The van der Waals surface area contributed by atoms with Gasteiger partial charge in [-0.25, -0.2) is 13.2 Å². The van der Waals surface area contributed by atoms with E-state index in [1.54, 1.807) is 18.2 Å². The van der Waals surface area contributed by atoms with Crippen molar-refractivity contribution in [2.24, 2.45) is 5.92 Å². The third-order valence-electron chi connectivity index (χ3n) is 10.3. The van der Waals surface area contributed by atoms with Gasteiger partial charge in [0, 0.05) is 30.3 Å². The van der Waals surface area contributed by atoms with Crippen LogP contribution >= 0.6 is 11.6 Å². The average Bonchev–Trinajstić information content (AvgIpc) is 3.96.